The number of halogens is 1. The maximum atomic E-state index is 13.3. The standard InChI is InChI=1S/C16H20FNO2/c1-16(2,3)15(18)14(13-8-5-9-19-13)20-12-7-4-6-11(17)10-12/h4-10,14-15H,18H2,1-3H3. The number of benzene rings is 1. The van der Waals surface area contributed by atoms with Crippen molar-refractivity contribution in [2.75, 3.05) is 0 Å². The van der Waals surface area contributed by atoms with Gasteiger partial charge in [-0.3, -0.25) is 0 Å². The number of nitrogens with two attached hydrogens (primary N) is 1. The van der Waals surface area contributed by atoms with Crippen molar-refractivity contribution >= 4 is 0 Å². The molecule has 2 unspecified atom stereocenters. The van der Waals surface area contributed by atoms with Crippen LogP contribution in [-0.4, -0.2) is 6.04 Å². The Kier molecular flexibility index (Phi) is 4.14. The van der Waals surface area contributed by atoms with Gasteiger partial charge in [-0.1, -0.05) is 26.8 Å². The maximum Gasteiger partial charge on any atom is 0.171 e. The molecule has 0 spiro atoms. The van der Waals surface area contributed by atoms with E-state index in [1.165, 1.54) is 12.1 Å². The summed E-state index contributed by atoms with van der Waals surface area (Å²) in [7, 11) is 0. The normalized spacial score (nSPS) is 14.8. The summed E-state index contributed by atoms with van der Waals surface area (Å²) in [4.78, 5) is 0. The van der Waals surface area contributed by atoms with Gasteiger partial charge in [-0.05, 0) is 29.7 Å². The van der Waals surface area contributed by atoms with Crippen molar-refractivity contribution in [1.82, 2.24) is 0 Å². The van der Waals surface area contributed by atoms with Crippen LogP contribution < -0.4 is 10.5 Å². The van der Waals surface area contributed by atoms with E-state index in [1.807, 2.05) is 26.8 Å². The molecule has 2 rings (SSSR count). The molecule has 2 atom stereocenters. The van der Waals surface area contributed by atoms with E-state index in [2.05, 4.69) is 0 Å². The Morgan fingerprint density at radius 3 is 2.50 bits per heavy atom. The first-order chi connectivity index (χ1) is 9.38. The summed E-state index contributed by atoms with van der Waals surface area (Å²) in [6, 6.07) is 9.32. The molecule has 2 aromatic rings. The van der Waals surface area contributed by atoms with Gasteiger partial charge in [-0.2, -0.15) is 0 Å². The Morgan fingerprint density at radius 1 is 1.20 bits per heavy atom. The van der Waals surface area contributed by atoms with Gasteiger partial charge < -0.3 is 14.9 Å². The average Bonchev–Trinajstić information content (AvgIpc) is 2.87. The Labute approximate surface area is 118 Å². The molecule has 3 nitrogen and oxygen atoms in total. The first-order valence-electron chi connectivity index (χ1n) is 6.59. The lowest BCUT2D eigenvalue weighted by atomic mass is 9.83. The molecule has 0 saturated heterocycles. The topological polar surface area (TPSA) is 48.4 Å². The molecule has 2 N–H and O–H groups in total. The molecule has 0 fully saturated rings. The van der Waals surface area contributed by atoms with Crippen LogP contribution in [0.5, 0.6) is 5.75 Å². The fourth-order valence-corrected chi connectivity index (χ4v) is 1.90. The van der Waals surface area contributed by atoms with Crippen molar-refractivity contribution in [1.29, 1.82) is 0 Å². The quantitative estimate of drug-likeness (QED) is 0.921. The number of hydrogen-bond acceptors (Lipinski definition) is 3. The lowest BCUT2D eigenvalue weighted by Gasteiger charge is -2.33. The Morgan fingerprint density at radius 2 is 1.95 bits per heavy atom. The number of furan rings is 1. The van der Waals surface area contributed by atoms with Crippen LogP contribution in [0.3, 0.4) is 0 Å². The molecule has 0 aliphatic rings. The predicted octanol–water partition coefficient (Wildman–Crippen LogP) is 3.91. The lowest BCUT2D eigenvalue weighted by Crippen LogP contribution is -2.42. The van der Waals surface area contributed by atoms with Crippen LogP contribution in [0, 0.1) is 11.2 Å². The van der Waals surface area contributed by atoms with Gasteiger partial charge in [0.25, 0.3) is 0 Å². The van der Waals surface area contributed by atoms with Crippen LogP contribution >= 0.6 is 0 Å². The molecule has 0 radical (unpaired) electrons. The van der Waals surface area contributed by atoms with E-state index in [0.717, 1.165) is 0 Å². The third-order valence-corrected chi connectivity index (χ3v) is 3.21. The molecule has 4 heteroatoms. The van der Waals surface area contributed by atoms with E-state index >= 15 is 0 Å². The molecular weight excluding hydrogens is 257 g/mol. The molecule has 1 aromatic carbocycles. The predicted molar refractivity (Wildman–Crippen MR) is 75.9 cm³/mol. The molecule has 0 saturated carbocycles. The van der Waals surface area contributed by atoms with Gasteiger partial charge in [0.05, 0.1) is 12.3 Å². The number of ether oxygens (including phenoxy) is 1. The SMILES string of the molecule is CC(C)(C)C(N)C(Oc1cccc(F)c1)c1ccco1. The summed E-state index contributed by atoms with van der Waals surface area (Å²) >= 11 is 0. The van der Waals surface area contributed by atoms with Crippen molar-refractivity contribution < 1.29 is 13.5 Å². The smallest absolute Gasteiger partial charge is 0.171 e. The van der Waals surface area contributed by atoms with Gasteiger partial charge in [-0.25, -0.2) is 4.39 Å². The highest BCUT2D eigenvalue weighted by Crippen LogP contribution is 2.32. The molecule has 0 aliphatic carbocycles. The van der Waals surface area contributed by atoms with Gasteiger partial charge in [-0.15, -0.1) is 0 Å². The zero-order valence-corrected chi connectivity index (χ0v) is 12.0. The highest BCUT2D eigenvalue weighted by atomic mass is 19.1. The molecule has 0 aliphatic heterocycles. The van der Waals surface area contributed by atoms with Crippen LogP contribution in [0.15, 0.2) is 47.1 Å². The third kappa shape index (κ3) is 3.39. The summed E-state index contributed by atoms with van der Waals surface area (Å²) in [6.45, 7) is 6.09. The highest BCUT2D eigenvalue weighted by Gasteiger charge is 2.33. The monoisotopic (exact) mass is 277 g/mol. The minimum Gasteiger partial charge on any atom is -0.481 e. The highest BCUT2D eigenvalue weighted by molar-refractivity contribution is 5.24. The van der Waals surface area contributed by atoms with Crippen LogP contribution in [0.25, 0.3) is 0 Å². The van der Waals surface area contributed by atoms with E-state index in [9.17, 15) is 4.39 Å². The molecule has 1 heterocycles. The second-order valence-corrected chi connectivity index (χ2v) is 5.90. The van der Waals surface area contributed by atoms with E-state index < -0.39 is 6.10 Å². The molecule has 108 valence electrons. The van der Waals surface area contributed by atoms with Crippen LogP contribution in [0.4, 0.5) is 4.39 Å². The van der Waals surface area contributed by atoms with Crippen LogP contribution in [0.1, 0.15) is 32.6 Å². The van der Waals surface area contributed by atoms with E-state index in [-0.39, 0.29) is 17.3 Å². The van der Waals surface area contributed by atoms with Crippen molar-refractivity contribution in [2.45, 2.75) is 32.9 Å². The summed E-state index contributed by atoms with van der Waals surface area (Å²) in [5.74, 6) is 0.729. The van der Waals surface area contributed by atoms with Crippen molar-refractivity contribution in [3.05, 3.63) is 54.2 Å². The van der Waals surface area contributed by atoms with Crippen molar-refractivity contribution in [3.8, 4) is 5.75 Å². The summed E-state index contributed by atoms with van der Waals surface area (Å²) in [5.41, 5.74) is 6.12. The Bertz CT molecular complexity index is 546. The second kappa shape index (κ2) is 5.67. The minimum atomic E-state index is -0.466. The Hall–Kier alpha value is -1.81. The number of hydrogen-bond donors (Lipinski definition) is 1. The number of rotatable bonds is 4. The molecule has 0 bridgehead atoms. The van der Waals surface area contributed by atoms with E-state index in [0.29, 0.717) is 11.5 Å². The largest absolute Gasteiger partial charge is 0.481 e. The zero-order chi connectivity index (χ0) is 14.8. The van der Waals surface area contributed by atoms with Gasteiger partial charge in [0.15, 0.2) is 6.10 Å². The lowest BCUT2D eigenvalue weighted by molar-refractivity contribution is 0.0947. The van der Waals surface area contributed by atoms with Gasteiger partial charge in [0, 0.05) is 6.07 Å². The molecule has 0 amide bonds. The Balaban J connectivity index is 2.28. The zero-order valence-electron chi connectivity index (χ0n) is 12.0. The van der Waals surface area contributed by atoms with Crippen LogP contribution in [0.2, 0.25) is 0 Å². The van der Waals surface area contributed by atoms with E-state index in [4.69, 9.17) is 14.9 Å². The fourth-order valence-electron chi connectivity index (χ4n) is 1.90. The molecule has 1 aromatic heterocycles. The first-order valence-corrected chi connectivity index (χ1v) is 6.59. The summed E-state index contributed by atoms with van der Waals surface area (Å²) in [5, 5.41) is 0. The van der Waals surface area contributed by atoms with Gasteiger partial charge >= 0.3 is 0 Å². The molecule has 20 heavy (non-hydrogen) atoms. The fraction of sp³-hybridized carbons (Fsp3) is 0.375. The summed E-state index contributed by atoms with van der Waals surface area (Å²) in [6.07, 6.45) is 1.11. The minimum absolute atomic E-state index is 0.176. The maximum absolute atomic E-state index is 13.3. The first kappa shape index (κ1) is 14.6. The molecular formula is C16H20FNO2. The van der Waals surface area contributed by atoms with Crippen molar-refractivity contribution in [2.24, 2.45) is 11.1 Å². The van der Waals surface area contributed by atoms with Crippen molar-refractivity contribution in [3.63, 3.8) is 0 Å². The van der Waals surface area contributed by atoms with E-state index in [1.54, 1.807) is 24.5 Å². The average molecular weight is 277 g/mol. The van der Waals surface area contributed by atoms with Gasteiger partial charge in [0.2, 0.25) is 0 Å². The van der Waals surface area contributed by atoms with Crippen LogP contribution in [-0.2, 0) is 0 Å². The summed E-state index contributed by atoms with van der Waals surface area (Å²) < 4.78 is 24.5. The third-order valence-electron chi connectivity index (χ3n) is 3.21. The van der Waals surface area contributed by atoms with Gasteiger partial charge in [0.1, 0.15) is 17.3 Å². The second-order valence-electron chi connectivity index (χ2n) is 5.90.